The lowest BCUT2D eigenvalue weighted by molar-refractivity contribution is -0.115. The first-order valence-corrected chi connectivity index (χ1v) is 7.34. The van der Waals surface area contributed by atoms with Crippen LogP contribution in [-0.4, -0.2) is 39.3 Å². The number of nitrogens with one attached hydrogen (secondary N) is 2. The van der Waals surface area contributed by atoms with Gasteiger partial charge in [0.15, 0.2) is 0 Å². The number of nitrogens with zero attached hydrogens (tertiary/aromatic N) is 1. The molecule has 1 rings (SSSR count). The molecule has 0 saturated carbocycles. The van der Waals surface area contributed by atoms with Crippen LogP contribution in [-0.2, 0) is 15.0 Å². The average Bonchev–Trinajstić information content (AvgIpc) is 2.31. The molecule has 0 aliphatic carbocycles. The van der Waals surface area contributed by atoms with Crippen molar-refractivity contribution < 1.29 is 13.2 Å². The van der Waals surface area contributed by atoms with E-state index in [0.717, 1.165) is 4.31 Å². The van der Waals surface area contributed by atoms with Gasteiger partial charge in [-0.25, -0.2) is 0 Å². The van der Waals surface area contributed by atoms with E-state index in [9.17, 15) is 13.2 Å². The molecule has 1 amide bonds. The molecule has 0 aromatic heterocycles. The molecule has 1 aromatic rings. The van der Waals surface area contributed by atoms with E-state index in [-0.39, 0.29) is 0 Å². The summed E-state index contributed by atoms with van der Waals surface area (Å²) in [6.45, 7) is -0.399. The number of anilines is 1. The van der Waals surface area contributed by atoms with Crippen LogP contribution in [0.3, 0.4) is 0 Å². The van der Waals surface area contributed by atoms with Crippen molar-refractivity contribution in [3.05, 3.63) is 28.2 Å². The minimum Gasteiger partial charge on any atom is -0.324 e. The summed E-state index contributed by atoms with van der Waals surface area (Å²) in [6, 6.07) is 4.58. The van der Waals surface area contributed by atoms with Gasteiger partial charge in [-0.1, -0.05) is 23.2 Å². The van der Waals surface area contributed by atoms with Crippen molar-refractivity contribution in [2.75, 3.05) is 26.0 Å². The van der Waals surface area contributed by atoms with E-state index in [1.165, 1.54) is 26.2 Å². The van der Waals surface area contributed by atoms with Crippen LogP contribution in [0.2, 0.25) is 10.0 Å². The van der Waals surface area contributed by atoms with E-state index >= 15 is 0 Å². The normalized spacial score (nSPS) is 11.6. The van der Waals surface area contributed by atoms with E-state index in [0.29, 0.717) is 15.7 Å². The highest BCUT2D eigenvalue weighted by atomic mass is 35.5. The van der Waals surface area contributed by atoms with Gasteiger partial charge >= 0.3 is 0 Å². The third-order valence-electron chi connectivity index (χ3n) is 2.10. The van der Waals surface area contributed by atoms with Crippen molar-refractivity contribution in [2.45, 2.75) is 0 Å². The topological polar surface area (TPSA) is 78.5 Å². The third-order valence-corrected chi connectivity index (χ3v) is 4.13. The molecule has 0 fully saturated rings. The number of benzene rings is 1. The quantitative estimate of drug-likeness (QED) is 0.857. The number of carbonyl (C=O) groups is 1. The Morgan fingerprint density at radius 3 is 2.53 bits per heavy atom. The highest BCUT2D eigenvalue weighted by Gasteiger charge is 2.15. The lowest BCUT2D eigenvalue weighted by Gasteiger charge is -2.12. The van der Waals surface area contributed by atoms with Crippen LogP contribution in [0.15, 0.2) is 18.2 Å². The molecule has 0 atom stereocenters. The Hall–Kier alpha value is -0.860. The Morgan fingerprint density at radius 1 is 1.32 bits per heavy atom. The van der Waals surface area contributed by atoms with Gasteiger partial charge in [-0.3, -0.25) is 4.79 Å². The molecular formula is C10H13Cl2N3O3S. The monoisotopic (exact) mass is 325 g/mol. The van der Waals surface area contributed by atoms with Crippen LogP contribution in [0.5, 0.6) is 0 Å². The molecule has 0 unspecified atom stereocenters. The van der Waals surface area contributed by atoms with Crippen LogP contribution in [0.25, 0.3) is 0 Å². The summed E-state index contributed by atoms with van der Waals surface area (Å²) >= 11 is 11.6. The molecule has 1 aromatic carbocycles. The second kappa shape index (κ2) is 6.53. The molecule has 0 heterocycles. The van der Waals surface area contributed by atoms with Crippen LogP contribution in [0.4, 0.5) is 5.69 Å². The van der Waals surface area contributed by atoms with Gasteiger partial charge < -0.3 is 5.32 Å². The smallest absolute Gasteiger partial charge is 0.279 e. The number of carbonyl (C=O) groups excluding carboxylic acids is 1. The largest absolute Gasteiger partial charge is 0.324 e. The Bertz CT molecular complexity index is 575. The first-order chi connectivity index (χ1) is 8.72. The molecule has 0 radical (unpaired) electrons. The Balaban J connectivity index is 2.64. The van der Waals surface area contributed by atoms with Crippen LogP contribution >= 0.6 is 23.2 Å². The maximum absolute atomic E-state index is 11.6. The molecule has 0 bridgehead atoms. The molecule has 0 aliphatic heterocycles. The van der Waals surface area contributed by atoms with Crippen LogP contribution < -0.4 is 10.0 Å². The third kappa shape index (κ3) is 4.96. The predicted molar refractivity (Wildman–Crippen MR) is 75.7 cm³/mol. The first-order valence-electron chi connectivity index (χ1n) is 5.14. The maximum Gasteiger partial charge on any atom is 0.279 e. The van der Waals surface area contributed by atoms with Crippen molar-refractivity contribution in [3.8, 4) is 0 Å². The molecule has 0 aliphatic rings. The first kappa shape index (κ1) is 16.2. The minimum atomic E-state index is -3.64. The second-order valence-corrected chi connectivity index (χ2v) is 6.59. The van der Waals surface area contributed by atoms with Crippen LogP contribution in [0.1, 0.15) is 0 Å². The van der Waals surface area contributed by atoms with E-state index in [1.807, 2.05) is 0 Å². The summed E-state index contributed by atoms with van der Waals surface area (Å²) in [6.07, 6.45) is 0. The van der Waals surface area contributed by atoms with Gasteiger partial charge in [0.05, 0.1) is 17.3 Å². The predicted octanol–water partition coefficient (Wildman–Crippen LogP) is 1.33. The van der Waals surface area contributed by atoms with E-state index in [4.69, 9.17) is 23.2 Å². The standard InChI is InChI=1S/C10H13Cl2N3O3S/c1-15(2)19(17,18)13-6-10(16)14-9-5-7(11)3-4-8(9)12/h3-5,13H,6H2,1-2H3,(H,14,16). The highest BCUT2D eigenvalue weighted by molar-refractivity contribution is 7.87. The van der Waals surface area contributed by atoms with Gasteiger partial charge in [0.25, 0.3) is 10.2 Å². The Labute approximate surface area is 121 Å². The average molecular weight is 326 g/mol. The summed E-state index contributed by atoms with van der Waals surface area (Å²) in [7, 11) is -0.930. The summed E-state index contributed by atoms with van der Waals surface area (Å²) in [5.74, 6) is -0.547. The molecule has 106 valence electrons. The van der Waals surface area contributed by atoms with E-state index in [1.54, 1.807) is 6.07 Å². The number of hydrogen-bond donors (Lipinski definition) is 2. The van der Waals surface area contributed by atoms with Crippen molar-refractivity contribution in [1.29, 1.82) is 0 Å². The fourth-order valence-electron chi connectivity index (χ4n) is 1.07. The zero-order valence-electron chi connectivity index (χ0n) is 10.3. The summed E-state index contributed by atoms with van der Waals surface area (Å²) in [5.41, 5.74) is 0.322. The SMILES string of the molecule is CN(C)S(=O)(=O)NCC(=O)Nc1cc(Cl)ccc1Cl. The van der Waals surface area contributed by atoms with Gasteiger partial charge in [-0.2, -0.15) is 17.4 Å². The number of amides is 1. The maximum atomic E-state index is 11.6. The van der Waals surface area contributed by atoms with Crippen molar-refractivity contribution in [1.82, 2.24) is 9.03 Å². The zero-order chi connectivity index (χ0) is 14.6. The molecule has 0 saturated heterocycles. The zero-order valence-corrected chi connectivity index (χ0v) is 12.6. The number of hydrogen-bond acceptors (Lipinski definition) is 3. The molecular weight excluding hydrogens is 313 g/mol. The molecule has 0 spiro atoms. The van der Waals surface area contributed by atoms with Crippen molar-refractivity contribution >= 4 is 45.0 Å². The molecule has 2 N–H and O–H groups in total. The summed E-state index contributed by atoms with van der Waals surface area (Å²) in [5, 5.41) is 3.19. The molecule has 19 heavy (non-hydrogen) atoms. The summed E-state index contributed by atoms with van der Waals surface area (Å²) < 4.78 is 25.9. The van der Waals surface area contributed by atoms with Crippen molar-refractivity contribution in [3.63, 3.8) is 0 Å². The molecule has 9 heteroatoms. The van der Waals surface area contributed by atoms with Gasteiger partial charge in [0, 0.05) is 19.1 Å². The van der Waals surface area contributed by atoms with Gasteiger partial charge in [-0.05, 0) is 18.2 Å². The van der Waals surface area contributed by atoms with E-state index in [2.05, 4.69) is 10.0 Å². The molecule has 6 nitrogen and oxygen atoms in total. The fraction of sp³-hybridized carbons (Fsp3) is 0.300. The van der Waals surface area contributed by atoms with Gasteiger partial charge in [-0.15, -0.1) is 0 Å². The van der Waals surface area contributed by atoms with Crippen LogP contribution in [0, 0.1) is 0 Å². The van der Waals surface area contributed by atoms with E-state index < -0.39 is 22.7 Å². The van der Waals surface area contributed by atoms with Gasteiger partial charge in [0.2, 0.25) is 5.91 Å². The van der Waals surface area contributed by atoms with Crippen molar-refractivity contribution in [2.24, 2.45) is 0 Å². The second-order valence-electron chi connectivity index (χ2n) is 3.78. The van der Waals surface area contributed by atoms with Gasteiger partial charge in [0.1, 0.15) is 0 Å². The number of rotatable bonds is 5. The highest BCUT2D eigenvalue weighted by Crippen LogP contribution is 2.25. The number of halogens is 2. The summed E-state index contributed by atoms with van der Waals surface area (Å²) in [4.78, 5) is 11.6. The minimum absolute atomic E-state index is 0.313. The lowest BCUT2D eigenvalue weighted by atomic mass is 10.3. The Kier molecular flexibility index (Phi) is 5.57. The Morgan fingerprint density at radius 2 is 1.95 bits per heavy atom. The fourth-order valence-corrected chi connectivity index (χ4v) is 1.98. The lowest BCUT2D eigenvalue weighted by Crippen LogP contribution is -2.40.